The molecule has 0 unspecified atom stereocenters. The lowest BCUT2D eigenvalue weighted by Crippen LogP contribution is -2.28. The first kappa shape index (κ1) is 19.6. The number of halogens is 2. The van der Waals surface area contributed by atoms with E-state index in [0.717, 1.165) is 34.6 Å². The van der Waals surface area contributed by atoms with Crippen molar-refractivity contribution < 1.29 is 4.79 Å². The number of hydrogen-bond acceptors (Lipinski definition) is 1. The summed E-state index contributed by atoms with van der Waals surface area (Å²) in [4.78, 5) is 12.7. The highest BCUT2D eigenvalue weighted by Crippen LogP contribution is 2.33. The van der Waals surface area contributed by atoms with E-state index < -0.39 is 0 Å². The monoisotopic (exact) mass is 375 g/mol. The van der Waals surface area contributed by atoms with Crippen LogP contribution < -0.4 is 5.32 Å². The minimum atomic E-state index is -0.110. The van der Waals surface area contributed by atoms with E-state index in [1.54, 1.807) is 12.1 Å². The second-order valence-corrected chi connectivity index (χ2v) is 6.65. The first-order valence-electron chi connectivity index (χ1n) is 8.51. The molecule has 3 rings (SSSR count). The van der Waals surface area contributed by atoms with Gasteiger partial charge in [0.15, 0.2) is 0 Å². The number of aryl methyl sites for hydroxylation is 1. The first-order chi connectivity index (χ1) is 12.0. The summed E-state index contributed by atoms with van der Waals surface area (Å²) in [5.74, 6) is -0.110. The summed E-state index contributed by atoms with van der Waals surface area (Å²) in [6, 6.07) is 9.37. The highest BCUT2D eigenvalue weighted by atomic mass is 35.5. The van der Waals surface area contributed by atoms with Crippen LogP contribution in [-0.2, 0) is 6.42 Å². The minimum Gasteiger partial charge on any atom is -0.345 e. The van der Waals surface area contributed by atoms with E-state index in [0.29, 0.717) is 10.6 Å². The van der Waals surface area contributed by atoms with Gasteiger partial charge < -0.3 is 5.32 Å². The van der Waals surface area contributed by atoms with Crippen LogP contribution in [0.4, 0.5) is 0 Å². The van der Waals surface area contributed by atoms with Gasteiger partial charge in [-0.1, -0.05) is 55.8 Å². The Balaban J connectivity index is 0.00000109. The summed E-state index contributed by atoms with van der Waals surface area (Å²) in [5, 5.41) is 4.38. The zero-order valence-corrected chi connectivity index (χ0v) is 16.3. The molecule has 1 aliphatic rings. The zero-order valence-electron chi connectivity index (χ0n) is 14.8. The second-order valence-electron chi connectivity index (χ2n) is 5.78. The van der Waals surface area contributed by atoms with E-state index in [2.05, 4.69) is 11.9 Å². The number of nitrogens with one attached hydrogen (secondary N) is 1. The lowest BCUT2D eigenvalue weighted by atomic mass is 10.0. The maximum atomic E-state index is 12.7. The summed E-state index contributed by atoms with van der Waals surface area (Å²) in [6.07, 6.45) is 3.52. The molecular weight excluding hydrogens is 353 g/mol. The van der Waals surface area contributed by atoms with E-state index in [1.807, 2.05) is 45.0 Å². The molecule has 0 aromatic heterocycles. The molecule has 2 aromatic carbocycles. The van der Waals surface area contributed by atoms with Gasteiger partial charge in [0.2, 0.25) is 0 Å². The third kappa shape index (κ3) is 4.26. The standard InChI is InChI=1S/C19H17Cl2NO.C2H6/c1-3-12-8-15(21)10-17(11(12)2)19(23)22-18-7-4-13-9-14(20)5-6-16(13)18;1-2/h3,5-6,8-10,18H,1,4,7H2,2H3,(H,22,23);1-2H3/t18-;/m1./s1. The van der Waals surface area contributed by atoms with Gasteiger partial charge in [0.25, 0.3) is 5.91 Å². The van der Waals surface area contributed by atoms with Crippen molar-refractivity contribution in [2.45, 2.75) is 39.7 Å². The highest BCUT2D eigenvalue weighted by molar-refractivity contribution is 6.31. The Kier molecular flexibility index (Phi) is 6.69. The van der Waals surface area contributed by atoms with Gasteiger partial charge in [-0.3, -0.25) is 4.79 Å². The lowest BCUT2D eigenvalue weighted by molar-refractivity contribution is 0.0936. The van der Waals surface area contributed by atoms with Gasteiger partial charge in [0.05, 0.1) is 6.04 Å². The van der Waals surface area contributed by atoms with Crippen LogP contribution in [0.25, 0.3) is 6.08 Å². The van der Waals surface area contributed by atoms with Crippen LogP contribution in [-0.4, -0.2) is 5.91 Å². The SMILES string of the molecule is C=Cc1cc(Cl)cc(C(=O)N[C@@H]2CCc3cc(Cl)ccc32)c1C.CC. The fourth-order valence-corrected chi connectivity index (χ4v) is 3.54. The van der Waals surface area contributed by atoms with Gasteiger partial charge >= 0.3 is 0 Å². The topological polar surface area (TPSA) is 29.1 Å². The van der Waals surface area contributed by atoms with Crippen molar-refractivity contribution >= 4 is 35.2 Å². The number of fused-ring (bicyclic) bond motifs is 1. The van der Waals surface area contributed by atoms with Gasteiger partial charge in [0.1, 0.15) is 0 Å². The molecular formula is C21H23Cl2NO. The van der Waals surface area contributed by atoms with Crippen LogP contribution >= 0.6 is 23.2 Å². The Labute approximate surface area is 159 Å². The number of carbonyl (C=O) groups excluding carboxylic acids is 1. The summed E-state index contributed by atoms with van der Waals surface area (Å²) in [6.45, 7) is 9.68. The van der Waals surface area contributed by atoms with E-state index in [-0.39, 0.29) is 11.9 Å². The molecule has 0 bridgehead atoms. The highest BCUT2D eigenvalue weighted by Gasteiger charge is 2.25. The number of hydrogen-bond donors (Lipinski definition) is 1. The van der Waals surface area contributed by atoms with Crippen molar-refractivity contribution in [2.24, 2.45) is 0 Å². The molecule has 0 aliphatic heterocycles. The molecule has 1 amide bonds. The molecule has 0 saturated heterocycles. The molecule has 0 fully saturated rings. The molecule has 1 atom stereocenters. The van der Waals surface area contributed by atoms with E-state index in [1.165, 1.54) is 5.56 Å². The van der Waals surface area contributed by atoms with Crippen LogP contribution in [0.15, 0.2) is 36.9 Å². The first-order valence-corrected chi connectivity index (χ1v) is 9.27. The van der Waals surface area contributed by atoms with E-state index in [9.17, 15) is 4.79 Å². The van der Waals surface area contributed by atoms with Crippen molar-refractivity contribution in [3.05, 3.63) is 74.8 Å². The van der Waals surface area contributed by atoms with Crippen LogP contribution in [0.5, 0.6) is 0 Å². The van der Waals surface area contributed by atoms with Gasteiger partial charge in [-0.2, -0.15) is 0 Å². The van der Waals surface area contributed by atoms with Crippen LogP contribution in [0.1, 0.15) is 58.9 Å². The third-order valence-corrected chi connectivity index (χ3v) is 4.82. The Morgan fingerprint density at radius 1 is 1.20 bits per heavy atom. The third-order valence-electron chi connectivity index (χ3n) is 4.37. The quantitative estimate of drug-likeness (QED) is 0.661. The Morgan fingerprint density at radius 3 is 2.60 bits per heavy atom. The fourth-order valence-electron chi connectivity index (χ4n) is 3.12. The Morgan fingerprint density at radius 2 is 1.92 bits per heavy atom. The minimum absolute atomic E-state index is 0.0142. The van der Waals surface area contributed by atoms with Crippen LogP contribution in [0.2, 0.25) is 10.0 Å². The normalized spacial score (nSPS) is 15.0. The smallest absolute Gasteiger partial charge is 0.252 e. The van der Waals surface area contributed by atoms with Gasteiger partial charge in [0, 0.05) is 15.6 Å². The lowest BCUT2D eigenvalue weighted by Gasteiger charge is -2.16. The number of amides is 1. The zero-order chi connectivity index (χ0) is 18.6. The molecule has 2 aromatic rings. The Hall–Kier alpha value is -1.77. The summed E-state index contributed by atoms with van der Waals surface area (Å²) >= 11 is 12.2. The van der Waals surface area contributed by atoms with E-state index in [4.69, 9.17) is 23.2 Å². The molecule has 1 N–H and O–H groups in total. The van der Waals surface area contributed by atoms with Gasteiger partial charge in [-0.25, -0.2) is 0 Å². The molecule has 1 aliphatic carbocycles. The summed E-state index contributed by atoms with van der Waals surface area (Å²) < 4.78 is 0. The molecule has 4 heteroatoms. The Bertz CT molecular complexity index is 799. The molecule has 0 radical (unpaired) electrons. The van der Waals surface area contributed by atoms with Crippen LogP contribution in [0.3, 0.4) is 0 Å². The van der Waals surface area contributed by atoms with Crippen molar-refractivity contribution in [2.75, 3.05) is 0 Å². The maximum absolute atomic E-state index is 12.7. The van der Waals surface area contributed by atoms with Gasteiger partial charge in [-0.15, -0.1) is 0 Å². The molecule has 2 nitrogen and oxygen atoms in total. The van der Waals surface area contributed by atoms with Crippen molar-refractivity contribution in [3.8, 4) is 0 Å². The van der Waals surface area contributed by atoms with Gasteiger partial charge in [-0.05, 0) is 66.3 Å². The average Bonchev–Trinajstić information content (AvgIpc) is 3.00. The predicted molar refractivity (Wildman–Crippen MR) is 108 cm³/mol. The molecule has 0 heterocycles. The van der Waals surface area contributed by atoms with Crippen molar-refractivity contribution in [1.29, 1.82) is 0 Å². The van der Waals surface area contributed by atoms with Crippen molar-refractivity contribution in [3.63, 3.8) is 0 Å². The number of benzene rings is 2. The second kappa shape index (κ2) is 8.55. The summed E-state index contributed by atoms with van der Waals surface area (Å²) in [7, 11) is 0. The molecule has 25 heavy (non-hydrogen) atoms. The molecule has 0 saturated carbocycles. The largest absolute Gasteiger partial charge is 0.345 e. The molecule has 132 valence electrons. The fraction of sp³-hybridized carbons (Fsp3) is 0.286. The average molecular weight is 376 g/mol. The number of rotatable bonds is 3. The van der Waals surface area contributed by atoms with Crippen LogP contribution in [0, 0.1) is 6.92 Å². The predicted octanol–water partition coefficient (Wildman–Crippen LogP) is 6.39. The number of carbonyl (C=O) groups is 1. The molecule has 0 spiro atoms. The van der Waals surface area contributed by atoms with E-state index >= 15 is 0 Å². The summed E-state index contributed by atoms with van der Waals surface area (Å²) in [5.41, 5.74) is 4.70. The maximum Gasteiger partial charge on any atom is 0.252 e. The van der Waals surface area contributed by atoms with Crippen molar-refractivity contribution in [1.82, 2.24) is 5.32 Å².